The third-order valence-electron chi connectivity index (χ3n) is 3.69. The highest BCUT2D eigenvalue weighted by molar-refractivity contribution is 5.70. The highest BCUT2D eigenvalue weighted by atomic mass is 16.4. The van der Waals surface area contributed by atoms with Crippen molar-refractivity contribution in [1.29, 1.82) is 0 Å². The van der Waals surface area contributed by atoms with Gasteiger partial charge in [0.15, 0.2) is 0 Å². The van der Waals surface area contributed by atoms with Gasteiger partial charge in [0.1, 0.15) is 0 Å². The first-order valence-corrected chi connectivity index (χ1v) is 13.7. The van der Waals surface area contributed by atoms with E-state index < -0.39 is 17.9 Å². The number of unbranched alkanes of at least 4 members (excludes halogenated alkanes) is 4. The fourth-order valence-corrected chi connectivity index (χ4v) is 2.23. The third-order valence-corrected chi connectivity index (χ3v) is 3.69. The Morgan fingerprint density at radius 3 is 0.860 bits per heavy atom. The molecule has 0 amide bonds. The predicted octanol–water partition coefficient (Wildman–Crippen LogP) is 9.40. The van der Waals surface area contributed by atoms with Crippen molar-refractivity contribution in [2.45, 2.75) is 162 Å². The summed E-state index contributed by atoms with van der Waals surface area (Å²) in [6, 6.07) is 0. The van der Waals surface area contributed by atoms with Gasteiger partial charge in [-0.25, -0.2) is 0 Å². The fraction of sp³-hybridized carbons (Fsp3) is 0.903. The number of carbonyl (C=O) groups is 3. The van der Waals surface area contributed by atoms with Gasteiger partial charge in [0.25, 0.3) is 0 Å². The van der Waals surface area contributed by atoms with E-state index in [1.54, 1.807) is 0 Å². The number of carboxylic acids is 3. The van der Waals surface area contributed by atoms with Crippen LogP contribution in [0.25, 0.3) is 0 Å². The van der Waals surface area contributed by atoms with Gasteiger partial charge in [-0.2, -0.15) is 0 Å². The van der Waals surface area contributed by atoms with Crippen molar-refractivity contribution in [2.75, 3.05) is 21.1 Å². The van der Waals surface area contributed by atoms with Crippen molar-refractivity contribution in [3.05, 3.63) is 0 Å². The van der Waals surface area contributed by atoms with E-state index in [4.69, 9.17) is 15.3 Å². The number of aliphatic carboxylic acids is 3. The molecule has 1 aliphatic carbocycles. The van der Waals surface area contributed by atoms with Crippen LogP contribution >= 0.6 is 0 Å². The Morgan fingerprint density at radius 1 is 0.535 bits per heavy atom. The SMILES string of the molecule is C.C.C.C.CC.CC.CC.CCCCCC(=O)O.CCCCCC(=O)O.CN.CN.CN.N.N.N.O=C(O)C1CCCC1. The van der Waals surface area contributed by atoms with Crippen LogP contribution in [-0.4, -0.2) is 54.4 Å². The minimum absolute atomic E-state index is 0. The van der Waals surface area contributed by atoms with Crippen LogP contribution in [0.5, 0.6) is 0 Å². The zero-order valence-corrected chi connectivity index (χ0v) is 28.0. The molecule has 0 heterocycles. The van der Waals surface area contributed by atoms with Crippen LogP contribution < -0.4 is 35.7 Å². The number of carboxylic acid groups (broad SMARTS) is 3. The van der Waals surface area contributed by atoms with E-state index in [1.165, 1.54) is 21.1 Å². The Kier molecular flexibility index (Phi) is 283. The summed E-state index contributed by atoms with van der Waals surface area (Å²) in [6.07, 6.45) is 10.6. The van der Waals surface area contributed by atoms with Gasteiger partial charge >= 0.3 is 17.9 Å². The molecule has 1 saturated carbocycles. The monoisotopic (exact) mass is 645 g/mol. The molecule has 0 aromatic heterocycles. The molecule has 18 N–H and O–H groups in total. The third kappa shape index (κ3) is 159. The minimum Gasteiger partial charge on any atom is -0.481 e. The molecular formula is C31H92N6O6. The lowest BCUT2D eigenvalue weighted by molar-refractivity contribution is -0.141. The maximum atomic E-state index is 10.2. The largest absolute Gasteiger partial charge is 0.481 e. The first kappa shape index (κ1) is 97.0. The van der Waals surface area contributed by atoms with Crippen molar-refractivity contribution in [3.63, 3.8) is 0 Å². The topological polar surface area (TPSA) is 295 Å². The van der Waals surface area contributed by atoms with E-state index >= 15 is 0 Å². The molecule has 43 heavy (non-hydrogen) atoms. The Morgan fingerprint density at radius 2 is 0.744 bits per heavy atom. The minimum atomic E-state index is -0.682. The summed E-state index contributed by atoms with van der Waals surface area (Å²) in [5.74, 6) is -1.99. The summed E-state index contributed by atoms with van der Waals surface area (Å²) in [4.78, 5) is 29.9. The lowest BCUT2D eigenvalue weighted by Gasteiger charge is -1.97. The van der Waals surface area contributed by atoms with Crippen LogP contribution in [0.4, 0.5) is 0 Å². The van der Waals surface area contributed by atoms with Gasteiger partial charge in [-0.05, 0) is 46.8 Å². The second-order valence-electron chi connectivity index (χ2n) is 6.02. The average molecular weight is 645 g/mol. The van der Waals surface area contributed by atoms with E-state index in [-0.39, 0.29) is 54.1 Å². The summed E-state index contributed by atoms with van der Waals surface area (Å²) in [5, 5.41) is 24.7. The van der Waals surface area contributed by atoms with Gasteiger partial charge in [-0.15, -0.1) is 0 Å². The first-order valence-electron chi connectivity index (χ1n) is 13.7. The van der Waals surface area contributed by atoms with Crippen LogP contribution in [0.3, 0.4) is 0 Å². The molecule has 0 bridgehead atoms. The molecule has 0 unspecified atom stereocenters. The molecule has 1 aliphatic rings. The van der Waals surface area contributed by atoms with Crippen LogP contribution in [0, 0.1) is 5.92 Å². The number of nitrogens with two attached hydrogens (primary N) is 3. The number of hydrogen-bond acceptors (Lipinski definition) is 9. The zero-order valence-electron chi connectivity index (χ0n) is 28.0. The molecule has 0 aromatic rings. The van der Waals surface area contributed by atoms with E-state index in [2.05, 4.69) is 31.0 Å². The van der Waals surface area contributed by atoms with E-state index in [0.29, 0.717) is 12.8 Å². The molecule has 0 saturated heterocycles. The molecule has 282 valence electrons. The molecule has 0 aromatic carbocycles. The Bertz CT molecular complexity index is 344. The lowest BCUT2D eigenvalue weighted by atomic mass is 10.1. The summed E-state index contributed by atoms with van der Waals surface area (Å²) in [6.45, 7) is 16.1. The number of hydrogen-bond donors (Lipinski definition) is 9. The smallest absolute Gasteiger partial charge is 0.306 e. The fourth-order valence-electron chi connectivity index (χ4n) is 2.23. The Hall–Kier alpha value is -1.83. The van der Waals surface area contributed by atoms with Gasteiger partial charge in [0.2, 0.25) is 0 Å². The predicted molar refractivity (Wildman–Crippen MR) is 200 cm³/mol. The van der Waals surface area contributed by atoms with Gasteiger partial charge in [0, 0.05) is 12.8 Å². The van der Waals surface area contributed by atoms with Crippen LogP contribution in [0.2, 0.25) is 0 Å². The second kappa shape index (κ2) is 125. The lowest BCUT2D eigenvalue weighted by Crippen LogP contribution is -2.07. The van der Waals surface area contributed by atoms with Crippen LogP contribution in [0.1, 0.15) is 162 Å². The highest BCUT2D eigenvalue weighted by Crippen LogP contribution is 2.24. The Labute approximate surface area is 272 Å². The van der Waals surface area contributed by atoms with Gasteiger partial charge in [-0.1, -0.05) is 124 Å². The molecule has 0 aliphatic heterocycles. The van der Waals surface area contributed by atoms with Crippen molar-refractivity contribution in [1.82, 2.24) is 18.5 Å². The average Bonchev–Trinajstić information content (AvgIpc) is 3.48. The maximum Gasteiger partial charge on any atom is 0.306 e. The quantitative estimate of drug-likeness (QED) is 0.106. The van der Waals surface area contributed by atoms with Crippen molar-refractivity contribution in [3.8, 4) is 0 Å². The van der Waals surface area contributed by atoms with Crippen molar-refractivity contribution < 1.29 is 29.7 Å². The molecule has 0 radical (unpaired) electrons. The van der Waals surface area contributed by atoms with Gasteiger partial charge < -0.3 is 51.0 Å². The van der Waals surface area contributed by atoms with Crippen LogP contribution in [0.15, 0.2) is 0 Å². The van der Waals surface area contributed by atoms with E-state index in [1.807, 2.05) is 41.5 Å². The summed E-state index contributed by atoms with van der Waals surface area (Å²) >= 11 is 0. The van der Waals surface area contributed by atoms with E-state index in [9.17, 15) is 14.4 Å². The molecule has 12 nitrogen and oxygen atoms in total. The second-order valence-corrected chi connectivity index (χ2v) is 6.02. The molecule has 0 atom stereocenters. The molecule has 1 rings (SSSR count). The Balaban J connectivity index is -0.0000000167. The first-order chi connectivity index (χ1) is 17.3. The van der Waals surface area contributed by atoms with Gasteiger partial charge in [0.05, 0.1) is 5.92 Å². The highest BCUT2D eigenvalue weighted by Gasteiger charge is 2.21. The molecule has 12 heteroatoms. The molecular weight excluding hydrogens is 552 g/mol. The molecule has 1 fully saturated rings. The summed E-state index contributed by atoms with van der Waals surface area (Å²) < 4.78 is 0. The maximum absolute atomic E-state index is 10.2. The zero-order chi connectivity index (χ0) is 30.8. The summed E-state index contributed by atoms with van der Waals surface area (Å²) in [7, 11) is 4.50. The van der Waals surface area contributed by atoms with Crippen molar-refractivity contribution >= 4 is 17.9 Å². The summed E-state index contributed by atoms with van der Waals surface area (Å²) in [5.41, 5.74) is 13.5. The normalized spacial score (nSPS) is 8.23. The number of rotatable bonds is 9. The van der Waals surface area contributed by atoms with E-state index in [0.717, 1.165) is 64.2 Å². The van der Waals surface area contributed by atoms with Crippen molar-refractivity contribution in [2.24, 2.45) is 23.1 Å². The van der Waals surface area contributed by atoms with Crippen LogP contribution in [-0.2, 0) is 14.4 Å². The standard InChI is InChI=1S/C6H10O2.2C6H12O2.3C2H6.3CH5N.4CH4.3H3N/c7-6(8)5-3-1-2-4-5;2*1-2-3-4-5-6(7)8;6*1-2;;;;;;;/h5H,1-4H2,(H,7,8);2*2-5H2,1H3,(H,7,8);3*1-2H3;3*2H2,1H3;4*1H4;3*1H3. The van der Waals surface area contributed by atoms with Gasteiger partial charge in [-0.3, -0.25) is 14.4 Å². The molecule has 0 spiro atoms.